The Hall–Kier alpha value is -2.40. The molecule has 0 saturated heterocycles. The van der Waals surface area contributed by atoms with E-state index in [0.717, 1.165) is 0 Å². The van der Waals surface area contributed by atoms with E-state index in [2.05, 4.69) is 10.3 Å². The first-order valence-corrected chi connectivity index (χ1v) is 6.12. The minimum Gasteiger partial charge on any atom is -0.478 e. The number of carbonyl (C=O) groups excluding carboxylic acids is 1. The number of carboxylic acid groups (broad SMARTS) is 1. The van der Waals surface area contributed by atoms with Crippen LogP contribution in [0.3, 0.4) is 0 Å². The van der Waals surface area contributed by atoms with Gasteiger partial charge in [-0.25, -0.2) is 9.78 Å². The van der Waals surface area contributed by atoms with Crippen LogP contribution in [0.4, 0.5) is 0 Å². The van der Waals surface area contributed by atoms with E-state index in [0.29, 0.717) is 16.7 Å². The largest absolute Gasteiger partial charge is 0.478 e. The molecule has 20 heavy (non-hydrogen) atoms. The highest BCUT2D eigenvalue weighted by Gasteiger charge is 2.12. The van der Waals surface area contributed by atoms with Crippen molar-refractivity contribution in [2.75, 3.05) is 7.05 Å². The quantitative estimate of drug-likeness (QED) is 0.851. The zero-order valence-electron chi connectivity index (χ0n) is 10.6. The number of rotatable bonds is 3. The summed E-state index contributed by atoms with van der Waals surface area (Å²) in [5.41, 5.74) is 1.68. The van der Waals surface area contributed by atoms with Crippen LogP contribution in [0.15, 0.2) is 36.5 Å². The van der Waals surface area contributed by atoms with E-state index >= 15 is 0 Å². The number of carbonyl (C=O) groups is 2. The molecule has 5 nitrogen and oxygen atoms in total. The summed E-state index contributed by atoms with van der Waals surface area (Å²) in [6, 6.07) is 8.25. The summed E-state index contributed by atoms with van der Waals surface area (Å²) in [5.74, 6) is -1.36. The van der Waals surface area contributed by atoms with E-state index in [1.54, 1.807) is 31.3 Å². The fourth-order valence-electron chi connectivity index (χ4n) is 1.74. The monoisotopic (exact) mass is 290 g/mol. The molecule has 0 aliphatic carbocycles. The highest BCUT2D eigenvalue weighted by Crippen LogP contribution is 2.24. The Morgan fingerprint density at radius 3 is 2.65 bits per heavy atom. The maximum Gasteiger partial charge on any atom is 0.338 e. The highest BCUT2D eigenvalue weighted by atomic mass is 35.5. The lowest BCUT2D eigenvalue weighted by molar-refractivity contribution is 0.0696. The lowest BCUT2D eigenvalue weighted by atomic mass is 10.0. The molecule has 2 N–H and O–H groups in total. The van der Waals surface area contributed by atoms with Crippen molar-refractivity contribution in [3.8, 4) is 11.1 Å². The number of nitrogens with one attached hydrogen (secondary N) is 1. The van der Waals surface area contributed by atoms with Crippen molar-refractivity contribution in [1.29, 1.82) is 0 Å². The molecule has 1 aromatic heterocycles. The molecule has 0 aliphatic heterocycles. The van der Waals surface area contributed by atoms with Gasteiger partial charge in [0.1, 0.15) is 5.15 Å². The van der Waals surface area contributed by atoms with Crippen molar-refractivity contribution in [3.63, 3.8) is 0 Å². The second-order valence-electron chi connectivity index (χ2n) is 4.03. The van der Waals surface area contributed by atoms with E-state index in [4.69, 9.17) is 16.7 Å². The molecule has 1 aromatic carbocycles. The standard InChI is InChI=1S/C14H11ClN2O3/c1-16-13(18)9-4-2-3-8(5-9)10-6-11(14(19)20)12(15)17-7-10/h2-7H,1H3,(H,16,18)(H,19,20). The van der Waals surface area contributed by atoms with Crippen molar-refractivity contribution in [2.45, 2.75) is 0 Å². The normalized spacial score (nSPS) is 10.1. The van der Waals surface area contributed by atoms with Gasteiger partial charge in [0.05, 0.1) is 5.56 Å². The third kappa shape index (κ3) is 2.78. The number of halogens is 1. The summed E-state index contributed by atoms with van der Waals surface area (Å²) < 4.78 is 0. The van der Waals surface area contributed by atoms with E-state index in [1.165, 1.54) is 12.3 Å². The highest BCUT2D eigenvalue weighted by molar-refractivity contribution is 6.32. The first-order valence-electron chi connectivity index (χ1n) is 5.74. The average Bonchev–Trinajstić information content (AvgIpc) is 2.46. The Morgan fingerprint density at radius 1 is 1.25 bits per heavy atom. The number of benzene rings is 1. The Balaban J connectivity index is 2.49. The predicted molar refractivity (Wildman–Crippen MR) is 75.0 cm³/mol. The minimum absolute atomic E-state index is 0.0660. The van der Waals surface area contributed by atoms with Crippen molar-refractivity contribution in [1.82, 2.24) is 10.3 Å². The van der Waals surface area contributed by atoms with Crippen LogP contribution in [0.1, 0.15) is 20.7 Å². The molecule has 0 spiro atoms. The lowest BCUT2D eigenvalue weighted by Gasteiger charge is -2.06. The zero-order valence-corrected chi connectivity index (χ0v) is 11.3. The third-order valence-electron chi connectivity index (χ3n) is 2.75. The molecule has 6 heteroatoms. The molecule has 2 rings (SSSR count). The maximum atomic E-state index is 11.6. The van der Waals surface area contributed by atoms with Crippen LogP contribution < -0.4 is 5.32 Å². The average molecular weight is 291 g/mol. The molecule has 0 fully saturated rings. The van der Waals surface area contributed by atoms with Crippen LogP contribution in [0.2, 0.25) is 5.15 Å². The fraction of sp³-hybridized carbons (Fsp3) is 0.0714. The third-order valence-corrected chi connectivity index (χ3v) is 3.06. The van der Waals surface area contributed by atoms with Crippen molar-refractivity contribution in [2.24, 2.45) is 0 Å². The van der Waals surface area contributed by atoms with Crippen LogP contribution in [0.25, 0.3) is 11.1 Å². The first-order chi connectivity index (χ1) is 9.52. The molecule has 0 saturated carbocycles. The zero-order chi connectivity index (χ0) is 14.7. The Bertz CT molecular complexity index is 686. The van der Waals surface area contributed by atoms with Crippen molar-refractivity contribution in [3.05, 3.63) is 52.8 Å². The number of aromatic nitrogens is 1. The van der Waals surface area contributed by atoms with Crippen LogP contribution in [0.5, 0.6) is 0 Å². The van der Waals surface area contributed by atoms with Crippen molar-refractivity contribution >= 4 is 23.5 Å². The second kappa shape index (κ2) is 5.71. The number of nitrogens with zero attached hydrogens (tertiary/aromatic N) is 1. The van der Waals surface area contributed by atoms with Crippen LogP contribution >= 0.6 is 11.6 Å². The summed E-state index contributed by atoms with van der Waals surface area (Å²) in [7, 11) is 1.54. The molecule has 0 atom stereocenters. The second-order valence-corrected chi connectivity index (χ2v) is 4.39. The van der Waals surface area contributed by atoms with Crippen LogP contribution in [0, 0.1) is 0 Å². The number of pyridine rings is 1. The molecular weight excluding hydrogens is 280 g/mol. The molecule has 102 valence electrons. The lowest BCUT2D eigenvalue weighted by Crippen LogP contribution is -2.17. The smallest absolute Gasteiger partial charge is 0.338 e. The van der Waals surface area contributed by atoms with Gasteiger partial charge in [-0.15, -0.1) is 0 Å². The van der Waals surface area contributed by atoms with Gasteiger partial charge in [0.15, 0.2) is 0 Å². The van der Waals surface area contributed by atoms with Gasteiger partial charge in [0.2, 0.25) is 0 Å². The summed E-state index contributed by atoms with van der Waals surface area (Å²) in [6.07, 6.45) is 1.47. The molecule has 0 unspecified atom stereocenters. The van der Waals surface area contributed by atoms with Gasteiger partial charge < -0.3 is 10.4 Å². The van der Waals surface area contributed by atoms with Gasteiger partial charge >= 0.3 is 5.97 Å². The van der Waals surface area contributed by atoms with Crippen LogP contribution in [-0.2, 0) is 0 Å². The van der Waals surface area contributed by atoms with Gasteiger partial charge in [-0.2, -0.15) is 0 Å². The Labute approximate surface area is 120 Å². The topological polar surface area (TPSA) is 79.3 Å². The Morgan fingerprint density at radius 2 is 2.00 bits per heavy atom. The number of aromatic carboxylic acids is 1. The number of hydrogen-bond acceptors (Lipinski definition) is 3. The predicted octanol–water partition coefficient (Wildman–Crippen LogP) is 2.46. The molecule has 1 amide bonds. The van der Waals surface area contributed by atoms with Gasteiger partial charge in [-0.1, -0.05) is 23.7 Å². The van der Waals surface area contributed by atoms with Gasteiger partial charge in [-0.3, -0.25) is 4.79 Å². The van der Waals surface area contributed by atoms with Crippen LogP contribution in [-0.4, -0.2) is 29.0 Å². The molecule has 0 bridgehead atoms. The number of carboxylic acids is 1. The molecule has 0 aliphatic rings. The van der Waals surface area contributed by atoms with E-state index in [9.17, 15) is 9.59 Å². The molecule has 2 aromatic rings. The first kappa shape index (κ1) is 14.0. The van der Waals surface area contributed by atoms with E-state index in [-0.39, 0.29) is 16.6 Å². The van der Waals surface area contributed by atoms with Gasteiger partial charge in [-0.05, 0) is 23.8 Å². The minimum atomic E-state index is -1.15. The van der Waals surface area contributed by atoms with Gasteiger partial charge in [0.25, 0.3) is 5.91 Å². The van der Waals surface area contributed by atoms with E-state index in [1.807, 2.05) is 0 Å². The van der Waals surface area contributed by atoms with Crippen molar-refractivity contribution < 1.29 is 14.7 Å². The summed E-state index contributed by atoms with van der Waals surface area (Å²) in [4.78, 5) is 26.5. The number of hydrogen-bond donors (Lipinski definition) is 2. The Kier molecular flexibility index (Phi) is 4.00. The fourth-order valence-corrected chi connectivity index (χ4v) is 1.92. The molecular formula is C14H11ClN2O3. The molecule has 1 heterocycles. The summed E-state index contributed by atoms with van der Waals surface area (Å²) in [6.45, 7) is 0. The maximum absolute atomic E-state index is 11.6. The summed E-state index contributed by atoms with van der Waals surface area (Å²) in [5, 5.41) is 11.5. The molecule has 0 radical (unpaired) electrons. The number of amides is 1. The van der Waals surface area contributed by atoms with Gasteiger partial charge in [0, 0.05) is 24.4 Å². The van der Waals surface area contributed by atoms with E-state index < -0.39 is 5.97 Å². The SMILES string of the molecule is CNC(=O)c1cccc(-c2cnc(Cl)c(C(=O)O)c2)c1. The summed E-state index contributed by atoms with van der Waals surface area (Å²) >= 11 is 5.73.